The minimum Gasteiger partial charge on any atom is -0.383 e. The summed E-state index contributed by atoms with van der Waals surface area (Å²) in [6.07, 6.45) is 1.15. The zero-order valence-corrected chi connectivity index (χ0v) is 14.4. The quantitative estimate of drug-likeness (QED) is 0.717. The summed E-state index contributed by atoms with van der Waals surface area (Å²) >= 11 is 0. The molecule has 0 saturated carbocycles. The number of benzene rings is 1. The van der Waals surface area contributed by atoms with Crippen molar-refractivity contribution in [3.63, 3.8) is 0 Å². The fourth-order valence-corrected chi connectivity index (χ4v) is 2.58. The molecular formula is C18H32N2O. The number of ether oxygens (including phenoxy) is 1. The normalized spacial score (nSPS) is 13.1. The highest BCUT2D eigenvalue weighted by Gasteiger charge is 2.13. The zero-order valence-electron chi connectivity index (χ0n) is 14.4. The number of likely N-dealkylation sites (N-methyl/N-ethyl adjacent to an activating group) is 2. The highest BCUT2D eigenvalue weighted by Crippen LogP contribution is 2.17. The molecule has 0 heterocycles. The van der Waals surface area contributed by atoms with Crippen LogP contribution in [0.1, 0.15) is 37.9 Å². The van der Waals surface area contributed by atoms with E-state index < -0.39 is 0 Å². The van der Waals surface area contributed by atoms with Crippen LogP contribution in [0, 0.1) is 5.92 Å². The fraction of sp³-hybridized carbons (Fsp3) is 0.667. The van der Waals surface area contributed by atoms with Gasteiger partial charge in [-0.25, -0.2) is 0 Å². The third kappa shape index (κ3) is 6.60. The lowest BCUT2D eigenvalue weighted by Crippen LogP contribution is -2.35. The van der Waals surface area contributed by atoms with Crippen molar-refractivity contribution in [3.05, 3.63) is 35.4 Å². The molecule has 1 atom stereocenters. The Kier molecular flexibility index (Phi) is 8.58. The van der Waals surface area contributed by atoms with E-state index in [1.165, 1.54) is 11.1 Å². The molecule has 3 nitrogen and oxygen atoms in total. The molecule has 0 fully saturated rings. The first-order valence-electron chi connectivity index (χ1n) is 8.08. The van der Waals surface area contributed by atoms with E-state index in [1.54, 1.807) is 7.11 Å². The Labute approximate surface area is 130 Å². The summed E-state index contributed by atoms with van der Waals surface area (Å²) in [4.78, 5) is 2.42. The molecule has 0 aliphatic heterocycles. The second-order valence-electron chi connectivity index (χ2n) is 6.07. The summed E-state index contributed by atoms with van der Waals surface area (Å²) < 4.78 is 5.19. The van der Waals surface area contributed by atoms with E-state index in [0.717, 1.165) is 32.7 Å². The van der Waals surface area contributed by atoms with E-state index >= 15 is 0 Å². The third-order valence-corrected chi connectivity index (χ3v) is 3.87. The van der Waals surface area contributed by atoms with Crippen LogP contribution in [0.2, 0.25) is 0 Å². The van der Waals surface area contributed by atoms with Gasteiger partial charge in [0.2, 0.25) is 0 Å². The fourth-order valence-electron chi connectivity index (χ4n) is 2.58. The number of rotatable bonds is 10. The molecule has 1 N–H and O–H groups in total. The molecule has 21 heavy (non-hydrogen) atoms. The van der Waals surface area contributed by atoms with Crippen molar-refractivity contribution in [2.24, 2.45) is 5.92 Å². The Morgan fingerprint density at radius 1 is 1.19 bits per heavy atom. The highest BCUT2D eigenvalue weighted by atomic mass is 16.5. The average molecular weight is 292 g/mol. The summed E-state index contributed by atoms with van der Waals surface area (Å²) in [7, 11) is 3.80. The minimum atomic E-state index is 0.370. The van der Waals surface area contributed by atoms with Gasteiger partial charge >= 0.3 is 0 Å². The van der Waals surface area contributed by atoms with E-state index in [-0.39, 0.29) is 0 Å². The van der Waals surface area contributed by atoms with Crippen LogP contribution in [0.15, 0.2) is 24.3 Å². The molecule has 1 unspecified atom stereocenters. The van der Waals surface area contributed by atoms with E-state index in [4.69, 9.17) is 4.74 Å². The lowest BCUT2D eigenvalue weighted by molar-refractivity contribution is 0.144. The van der Waals surface area contributed by atoms with Gasteiger partial charge in [-0.3, -0.25) is 4.90 Å². The first kappa shape index (κ1) is 18.1. The van der Waals surface area contributed by atoms with E-state index in [2.05, 4.69) is 55.3 Å². The molecule has 0 aromatic heterocycles. The van der Waals surface area contributed by atoms with Gasteiger partial charge in [-0.1, -0.05) is 45.0 Å². The molecule has 1 aromatic carbocycles. The van der Waals surface area contributed by atoms with Crippen molar-refractivity contribution in [1.82, 2.24) is 10.2 Å². The third-order valence-electron chi connectivity index (χ3n) is 3.87. The maximum absolute atomic E-state index is 5.19. The zero-order chi connectivity index (χ0) is 15.7. The van der Waals surface area contributed by atoms with Crippen LogP contribution in [0.5, 0.6) is 0 Å². The Morgan fingerprint density at radius 2 is 1.86 bits per heavy atom. The molecule has 0 radical (unpaired) electrons. The van der Waals surface area contributed by atoms with E-state index in [0.29, 0.717) is 12.0 Å². The Morgan fingerprint density at radius 3 is 2.33 bits per heavy atom. The van der Waals surface area contributed by atoms with Crippen LogP contribution in [-0.2, 0) is 11.2 Å². The topological polar surface area (TPSA) is 24.5 Å². The van der Waals surface area contributed by atoms with Crippen LogP contribution < -0.4 is 5.32 Å². The van der Waals surface area contributed by atoms with Gasteiger partial charge in [-0.05, 0) is 37.1 Å². The van der Waals surface area contributed by atoms with E-state index in [9.17, 15) is 0 Å². The molecule has 0 saturated heterocycles. The van der Waals surface area contributed by atoms with Crippen molar-refractivity contribution >= 4 is 0 Å². The van der Waals surface area contributed by atoms with Crippen LogP contribution in [0.3, 0.4) is 0 Å². The van der Waals surface area contributed by atoms with Gasteiger partial charge in [0.1, 0.15) is 0 Å². The lowest BCUT2D eigenvalue weighted by atomic mass is 9.99. The Bertz CT molecular complexity index is 375. The number of nitrogens with zero attached hydrogens (tertiary/aromatic N) is 1. The van der Waals surface area contributed by atoms with Crippen molar-refractivity contribution < 1.29 is 4.74 Å². The molecule has 3 heteroatoms. The van der Waals surface area contributed by atoms with Crippen molar-refractivity contribution in [2.75, 3.05) is 40.4 Å². The molecule has 0 spiro atoms. The largest absolute Gasteiger partial charge is 0.383 e. The lowest BCUT2D eigenvalue weighted by Gasteiger charge is -2.26. The first-order valence-corrected chi connectivity index (χ1v) is 8.08. The summed E-state index contributed by atoms with van der Waals surface area (Å²) in [5, 5.41) is 3.44. The van der Waals surface area contributed by atoms with Gasteiger partial charge in [0.15, 0.2) is 0 Å². The summed E-state index contributed by atoms with van der Waals surface area (Å²) in [6, 6.07) is 9.44. The van der Waals surface area contributed by atoms with Crippen LogP contribution in [-0.4, -0.2) is 45.3 Å². The van der Waals surface area contributed by atoms with Crippen molar-refractivity contribution in [2.45, 2.75) is 33.2 Å². The molecular weight excluding hydrogens is 260 g/mol. The van der Waals surface area contributed by atoms with Gasteiger partial charge in [-0.15, -0.1) is 0 Å². The standard InChI is InChI=1S/C18H32N2O/c1-6-20(11-12-21-5)14-18(19-4)17-9-7-16(8-10-17)13-15(2)3/h7-10,15,18-19H,6,11-14H2,1-5H3. The number of methoxy groups -OCH3 is 1. The molecule has 1 rings (SSSR count). The summed E-state index contributed by atoms with van der Waals surface area (Å²) in [5.74, 6) is 0.709. The summed E-state index contributed by atoms with van der Waals surface area (Å²) in [5.41, 5.74) is 2.79. The highest BCUT2D eigenvalue weighted by molar-refractivity contribution is 5.25. The van der Waals surface area contributed by atoms with Gasteiger partial charge in [0.05, 0.1) is 6.61 Å². The van der Waals surface area contributed by atoms with Gasteiger partial charge < -0.3 is 10.1 Å². The monoisotopic (exact) mass is 292 g/mol. The van der Waals surface area contributed by atoms with Crippen molar-refractivity contribution in [1.29, 1.82) is 0 Å². The average Bonchev–Trinajstić information content (AvgIpc) is 2.48. The molecule has 1 aromatic rings. The van der Waals surface area contributed by atoms with Gasteiger partial charge in [0.25, 0.3) is 0 Å². The number of hydrogen-bond donors (Lipinski definition) is 1. The second-order valence-corrected chi connectivity index (χ2v) is 6.07. The molecule has 0 aliphatic rings. The minimum absolute atomic E-state index is 0.370. The van der Waals surface area contributed by atoms with E-state index in [1.807, 2.05) is 7.05 Å². The van der Waals surface area contributed by atoms with Crippen LogP contribution >= 0.6 is 0 Å². The predicted molar refractivity (Wildman–Crippen MR) is 90.8 cm³/mol. The molecule has 0 amide bonds. The maximum Gasteiger partial charge on any atom is 0.0589 e. The first-order chi connectivity index (χ1) is 10.1. The number of nitrogens with one attached hydrogen (secondary N) is 1. The Hall–Kier alpha value is -0.900. The van der Waals surface area contributed by atoms with Crippen LogP contribution in [0.4, 0.5) is 0 Å². The van der Waals surface area contributed by atoms with Crippen molar-refractivity contribution in [3.8, 4) is 0 Å². The number of hydrogen-bond acceptors (Lipinski definition) is 3. The van der Waals surface area contributed by atoms with Gasteiger partial charge in [0, 0.05) is 26.2 Å². The molecule has 0 bridgehead atoms. The Balaban J connectivity index is 2.65. The molecule has 120 valence electrons. The van der Waals surface area contributed by atoms with Crippen LogP contribution in [0.25, 0.3) is 0 Å². The maximum atomic E-state index is 5.19. The second kappa shape index (κ2) is 9.93. The van der Waals surface area contributed by atoms with Gasteiger partial charge in [-0.2, -0.15) is 0 Å². The predicted octanol–water partition coefficient (Wildman–Crippen LogP) is 3.11. The summed E-state index contributed by atoms with van der Waals surface area (Å²) in [6.45, 7) is 10.6. The SMILES string of the molecule is CCN(CCOC)CC(NC)c1ccc(CC(C)C)cc1. The smallest absolute Gasteiger partial charge is 0.0589 e. The molecule has 0 aliphatic carbocycles.